The van der Waals surface area contributed by atoms with Gasteiger partial charge in [-0.1, -0.05) is 57.9 Å². The molecule has 1 aromatic rings. The summed E-state index contributed by atoms with van der Waals surface area (Å²) in [6, 6.07) is 8.37. The molecule has 0 saturated heterocycles. The summed E-state index contributed by atoms with van der Waals surface area (Å²) in [5.74, 6) is 2.03. The van der Waals surface area contributed by atoms with Crippen LogP contribution in [0.3, 0.4) is 0 Å². The van der Waals surface area contributed by atoms with Gasteiger partial charge in [-0.05, 0) is 29.9 Å². The van der Waals surface area contributed by atoms with E-state index in [-0.39, 0.29) is 6.04 Å². The van der Waals surface area contributed by atoms with Crippen LogP contribution in [-0.2, 0) is 17.2 Å². The van der Waals surface area contributed by atoms with Gasteiger partial charge in [0.25, 0.3) is 0 Å². The summed E-state index contributed by atoms with van der Waals surface area (Å²) in [6.45, 7) is 6.60. The average Bonchev–Trinajstić information content (AvgIpc) is 2.39. The first kappa shape index (κ1) is 17.4. The minimum Gasteiger partial charge on any atom is -0.323 e. The monoisotopic (exact) mass is 295 g/mol. The van der Waals surface area contributed by atoms with E-state index in [4.69, 9.17) is 5.73 Å². The molecule has 0 spiro atoms. The second-order valence-electron chi connectivity index (χ2n) is 5.96. The van der Waals surface area contributed by atoms with E-state index in [1.54, 1.807) is 0 Å². The van der Waals surface area contributed by atoms with Crippen LogP contribution >= 0.6 is 0 Å². The summed E-state index contributed by atoms with van der Waals surface area (Å²) in [6.07, 6.45) is 4.47. The van der Waals surface area contributed by atoms with E-state index in [0.717, 1.165) is 30.6 Å². The van der Waals surface area contributed by atoms with Crippen molar-refractivity contribution in [1.82, 2.24) is 0 Å². The Balaban J connectivity index is 2.46. The van der Waals surface area contributed by atoms with Crippen molar-refractivity contribution >= 4 is 10.8 Å². The molecule has 0 fully saturated rings. The predicted molar refractivity (Wildman–Crippen MR) is 89.3 cm³/mol. The van der Waals surface area contributed by atoms with Gasteiger partial charge in [-0.25, -0.2) is 0 Å². The SMILES string of the molecule is CCCCCS(=O)CC(N)c1ccc(CC(C)C)cc1. The minimum atomic E-state index is -0.792. The molecule has 3 heteroatoms. The summed E-state index contributed by atoms with van der Waals surface area (Å²) < 4.78 is 11.9. The highest BCUT2D eigenvalue weighted by Gasteiger charge is 2.10. The fourth-order valence-corrected chi connectivity index (χ4v) is 3.55. The summed E-state index contributed by atoms with van der Waals surface area (Å²) in [5, 5.41) is 0. The number of hydrogen-bond acceptors (Lipinski definition) is 2. The first-order valence-electron chi connectivity index (χ1n) is 7.72. The second kappa shape index (κ2) is 9.30. The lowest BCUT2D eigenvalue weighted by atomic mass is 10.0. The smallest absolute Gasteiger partial charge is 0.0428 e. The Labute approximate surface area is 126 Å². The molecule has 2 unspecified atom stereocenters. The molecule has 0 heterocycles. The van der Waals surface area contributed by atoms with Gasteiger partial charge < -0.3 is 5.73 Å². The van der Waals surface area contributed by atoms with Crippen molar-refractivity contribution in [2.75, 3.05) is 11.5 Å². The molecule has 2 N–H and O–H groups in total. The molecule has 0 radical (unpaired) electrons. The highest BCUT2D eigenvalue weighted by molar-refractivity contribution is 7.85. The van der Waals surface area contributed by atoms with Crippen LogP contribution in [-0.4, -0.2) is 15.7 Å². The van der Waals surface area contributed by atoms with Crippen molar-refractivity contribution in [3.8, 4) is 0 Å². The van der Waals surface area contributed by atoms with E-state index in [1.807, 2.05) is 0 Å². The van der Waals surface area contributed by atoms with E-state index in [9.17, 15) is 4.21 Å². The molecular formula is C17H29NOS. The fourth-order valence-electron chi connectivity index (χ4n) is 2.27. The first-order valence-corrected chi connectivity index (χ1v) is 9.21. The molecule has 0 saturated carbocycles. The molecule has 1 aromatic carbocycles. The maximum Gasteiger partial charge on any atom is 0.0428 e. The molecule has 0 aliphatic carbocycles. The summed E-state index contributed by atoms with van der Waals surface area (Å²) in [4.78, 5) is 0. The Morgan fingerprint density at radius 2 is 1.80 bits per heavy atom. The normalized spacial score (nSPS) is 14.4. The van der Waals surface area contributed by atoms with Crippen LogP contribution in [0.15, 0.2) is 24.3 Å². The van der Waals surface area contributed by atoms with Crippen molar-refractivity contribution in [3.05, 3.63) is 35.4 Å². The quantitative estimate of drug-likeness (QED) is 0.704. The third-order valence-corrected chi connectivity index (χ3v) is 4.87. The number of hydrogen-bond donors (Lipinski definition) is 1. The topological polar surface area (TPSA) is 43.1 Å². The lowest BCUT2D eigenvalue weighted by Crippen LogP contribution is -2.19. The van der Waals surface area contributed by atoms with Crippen molar-refractivity contribution in [3.63, 3.8) is 0 Å². The number of benzene rings is 1. The van der Waals surface area contributed by atoms with Crippen LogP contribution in [0.4, 0.5) is 0 Å². The van der Waals surface area contributed by atoms with Gasteiger partial charge in [0.05, 0.1) is 0 Å². The van der Waals surface area contributed by atoms with Crippen molar-refractivity contribution in [2.24, 2.45) is 11.7 Å². The van der Waals surface area contributed by atoms with Crippen molar-refractivity contribution in [1.29, 1.82) is 0 Å². The third kappa shape index (κ3) is 6.67. The maximum absolute atomic E-state index is 11.9. The standard InChI is InChI=1S/C17H29NOS/c1-4-5-6-11-20(19)13-17(18)16-9-7-15(8-10-16)12-14(2)3/h7-10,14,17H,4-6,11-13,18H2,1-3H3. The molecular weight excluding hydrogens is 266 g/mol. The number of rotatable bonds is 9. The Morgan fingerprint density at radius 3 is 2.35 bits per heavy atom. The van der Waals surface area contributed by atoms with E-state index in [2.05, 4.69) is 45.0 Å². The molecule has 0 aromatic heterocycles. The fraction of sp³-hybridized carbons (Fsp3) is 0.647. The van der Waals surface area contributed by atoms with Gasteiger partial charge in [-0.3, -0.25) is 4.21 Å². The van der Waals surface area contributed by atoms with Crippen LogP contribution in [0.2, 0.25) is 0 Å². The van der Waals surface area contributed by atoms with E-state index >= 15 is 0 Å². The molecule has 0 amide bonds. The number of unbranched alkanes of at least 4 members (excludes halogenated alkanes) is 2. The van der Waals surface area contributed by atoms with Crippen LogP contribution in [0.1, 0.15) is 57.2 Å². The lowest BCUT2D eigenvalue weighted by Gasteiger charge is -2.13. The van der Waals surface area contributed by atoms with Crippen LogP contribution < -0.4 is 5.73 Å². The predicted octanol–water partition coefficient (Wildman–Crippen LogP) is 3.82. The van der Waals surface area contributed by atoms with Gasteiger partial charge in [-0.15, -0.1) is 0 Å². The zero-order chi connectivity index (χ0) is 15.0. The van der Waals surface area contributed by atoms with Crippen molar-refractivity contribution in [2.45, 2.75) is 52.5 Å². The Morgan fingerprint density at radius 1 is 1.15 bits per heavy atom. The lowest BCUT2D eigenvalue weighted by molar-refractivity contribution is 0.646. The molecule has 0 bridgehead atoms. The second-order valence-corrected chi connectivity index (χ2v) is 7.59. The van der Waals surface area contributed by atoms with Gasteiger partial charge in [0.1, 0.15) is 0 Å². The minimum absolute atomic E-state index is 0.106. The molecule has 114 valence electrons. The Kier molecular flexibility index (Phi) is 8.08. The van der Waals surface area contributed by atoms with Crippen molar-refractivity contribution < 1.29 is 4.21 Å². The van der Waals surface area contributed by atoms with Gasteiger partial charge in [0.15, 0.2) is 0 Å². The van der Waals surface area contributed by atoms with Gasteiger partial charge in [-0.2, -0.15) is 0 Å². The summed E-state index contributed by atoms with van der Waals surface area (Å²) in [7, 11) is -0.792. The van der Waals surface area contributed by atoms with Gasteiger partial charge in [0.2, 0.25) is 0 Å². The molecule has 20 heavy (non-hydrogen) atoms. The van der Waals surface area contributed by atoms with E-state index in [0.29, 0.717) is 11.7 Å². The highest BCUT2D eigenvalue weighted by Crippen LogP contribution is 2.15. The number of nitrogens with two attached hydrogens (primary N) is 1. The Hall–Kier alpha value is -0.670. The van der Waals surface area contributed by atoms with Crippen LogP contribution in [0, 0.1) is 5.92 Å². The third-order valence-electron chi connectivity index (χ3n) is 3.39. The van der Waals surface area contributed by atoms with E-state index in [1.165, 1.54) is 12.0 Å². The average molecular weight is 295 g/mol. The summed E-state index contributed by atoms with van der Waals surface area (Å²) in [5.41, 5.74) is 8.60. The zero-order valence-corrected chi connectivity index (χ0v) is 13.9. The molecule has 2 nitrogen and oxygen atoms in total. The van der Waals surface area contributed by atoms with Crippen LogP contribution in [0.25, 0.3) is 0 Å². The Bertz CT molecular complexity index is 400. The largest absolute Gasteiger partial charge is 0.323 e. The molecule has 0 aliphatic heterocycles. The molecule has 2 atom stereocenters. The van der Waals surface area contributed by atoms with Crippen LogP contribution in [0.5, 0.6) is 0 Å². The zero-order valence-electron chi connectivity index (χ0n) is 13.1. The highest BCUT2D eigenvalue weighted by atomic mass is 32.2. The molecule has 1 rings (SSSR count). The van der Waals surface area contributed by atoms with E-state index < -0.39 is 10.8 Å². The summed E-state index contributed by atoms with van der Waals surface area (Å²) >= 11 is 0. The van der Waals surface area contributed by atoms with Gasteiger partial charge in [0, 0.05) is 28.3 Å². The van der Waals surface area contributed by atoms with Gasteiger partial charge >= 0.3 is 0 Å². The first-order chi connectivity index (χ1) is 9.52. The molecule has 0 aliphatic rings. The maximum atomic E-state index is 11.9.